The predicted octanol–water partition coefficient (Wildman–Crippen LogP) is 4.86. The maximum absolute atomic E-state index is 12.7. The Balaban J connectivity index is 1.84. The van der Waals surface area contributed by atoms with E-state index in [0.29, 0.717) is 18.1 Å². The van der Waals surface area contributed by atoms with E-state index in [-0.39, 0.29) is 5.91 Å². The lowest BCUT2D eigenvalue weighted by atomic mass is 10.1. The summed E-state index contributed by atoms with van der Waals surface area (Å²) in [5, 5.41) is 6.11. The summed E-state index contributed by atoms with van der Waals surface area (Å²) >= 11 is 3.42. The van der Waals surface area contributed by atoms with Crippen molar-refractivity contribution in [2.24, 2.45) is 4.99 Å². The highest BCUT2D eigenvalue weighted by molar-refractivity contribution is 9.10. The number of anilines is 1. The number of benzene rings is 2. The van der Waals surface area contributed by atoms with E-state index in [1.165, 1.54) is 5.56 Å². The minimum atomic E-state index is -0.239. The lowest BCUT2D eigenvalue weighted by Gasteiger charge is -2.13. The zero-order chi connectivity index (χ0) is 19.9. The van der Waals surface area contributed by atoms with Gasteiger partial charge in [-0.3, -0.25) is 15.1 Å². The zero-order valence-electron chi connectivity index (χ0n) is 15.7. The molecule has 2 N–H and O–H groups in total. The molecule has 0 fully saturated rings. The molecule has 0 aliphatic carbocycles. The van der Waals surface area contributed by atoms with Gasteiger partial charge in [-0.25, -0.2) is 4.99 Å². The van der Waals surface area contributed by atoms with Crippen LogP contribution in [0.3, 0.4) is 0 Å². The molecule has 0 radical (unpaired) electrons. The number of hydrogen-bond acceptors (Lipinski definition) is 3. The number of aromatic nitrogens is 1. The van der Waals surface area contributed by atoms with E-state index in [1.54, 1.807) is 18.5 Å². The highest BCUT2D eigenvalue weighted by Gasteiger charge is 2.12. The summed E-state index contributed by atoms with van der Waals surface area (Å²) in [6.07, 6.45) is 3.45. The molecule has 0 spiro atoms. The van der Waals surface area contributed by atoms with Crippen LogP contribution in [0.25, 0.3) is 0 Å². The number of carbonyl (C=O) groups is 1. The number of nitrogens with zero attached hydrogens (tertiary/aromatic N) is 2. The van der Waals surface area contributed by atoms with E-state index in [2.05, 4.69) is 43.5 Å². The number of aliphatic imine (C=N–C) groups is 1. The number of halogens is 1. The molecular weight excluding hydrogens is 416 g/mol. The van der Waals surface area contributed by atoms with Crippen molar-refractivity contribution in [2.75, 3.05) is 5.32 Å². The molecule has 142 valence electrons. The van der Waals surface area contributed by atoms with Crippen molar-refractivity contribution in [3.05, 3.63) is 93.7 Å². The molecule has 0 unspecified atom stereocenters. The monoisotopic (exact) mass is 436 g/mol. The molecule has 1 aromatic heterocycles. The van der Waals surface area contributed by atoms with Crippen LogP contribution in [0.2, 0.25) is 0 Å². The van der Waals surface area contributed by atoms with Gasteiger partial charge in [-0.05, 0) is 82.9 Å². The van der Waals surface area contributed by atoms with Crippen LogP contribution < -0.4 is 10.6 Å². The van der Waals surface area contributed by atoms with E-state index in [4.69, 9.17) is 0 Å². The molecule has 2 aromatic carbocycles. The summed E-state index contributed by atoms with van der Waals surface area (Å²) in [6.45, 7) is 4.53. The number of aryl methyl sites for hydroxylation is 2. The molecule has 1 amide bonds. The van der Waals surface area contributed by atoms with Gasteiger partial charge < -0.3 is 5.32 Å². The van der Waals surface area contributed by atoms with E-state index >= 15 is 0 Å². The van der Waals surface area contributed by atoms with Gasteiger partial charge in [0.2, 0.25) is 5.96 Å². The number of carbonyl (C=O) groups excluding carboxylic acids is 1. The molecule has 0 atom stereocenters. The van der Waals surface area contributed by atoms with E-state index in [9.17, 15) is 4.79 Å². The van der Waals surface area contributed by atoms with Gasteiger partial charge >= 0.3 is 0 Å². The second-order valence-electron chi connectivity index (χ2n) is 6.38. The Hall–Kier alpha value is -2.99. The molecule has 0 saturated heterocycles. The number of guanidine groups is 1. The number of pyridine rings is 1. The summed E-state index contributed by atoms with van der Waals surface area (Å²) in [5.41, 5.74) is 4.78. The van der Waals surface area contributed by atoms with Gasteiger partial charge in [-0.2, -0.15) is 0 Å². The molecule has 5 nitrogen and oxygen atoms in total. The summed E-state index contributed by atoms with van der Waals surface area (Å²) in [7, 11) is 0. The molecule has 3 aromatic rings. The first-order valence-corrected chi connectivity index (χ1v) is 9.66. The fourth-order valence-electron chi connectivity index (χ4n) is 2.54. The summed E-state index contributed by atoms with van der Waals surface area (Å²) < 4.78 is 0.729. The molecule has 28 heavy (non-hydrogen) atoms. The first-order chi connectivity index (χ1) is 13.5. The summed E-state index contributed by atoms with van der Waals surface area (Å²) in [4.78, 5) is 21.3. The van der Waals surface area contributed by atoms with E-state index in [1.807, 2.05) is 55.5 Å². The minimum absolute atomic E-state index is 0.239. The second-order valence-corrected chi connectivity index (χ2v) is 7.23. The Morgan fingerprint density at radius 2 is 1.79 bits per heavy atom. The van der Waals surface area contributed by atoms with Gasteiger partial charge in [-0.15, -0.1) is 0 Å². The van der Waals surface area contributed by atoms with Crippen LogP contribution in [-0.4, -0.2) is 16.9 Å². The largest absolute Gasteiger partial charge is 0.326 e. The minimum Gasteiger partial charge on any atom is -0.326 e. The van der Waals surface area contributed by atoms with Crippen LogP contribution in [0.5, 0.6) is 0 Å². The lowest BCUT2D eigenvalue weighted by molar-refractivity contribution is 0.0976. The first-order valence-electron chi connectivity index (χ1n) is 8.86. The Labute approximate surface area is 173 Å². The Morgan fingerprint density at radius 3 is 2.50 bits per heavy atom. The van der Waals surface area contributed by atoms with Crippen molar-refractivity contribution in [1.29, 1.82) is 0 Å². The van der Waals surface area contributed by atoms with Gasteiger partial charge in [0.25, 0.3) is 5.91 Å². The van der Waals surface area contributed by atoms with Gasteiger partial charge in [0, 0.05) is 22.6 Å². The molecule has 0 aliphatic rings. The van der Waals surface area contributed by atoms with Crippen molar-refractivity contribution in [1.82, 2.24) is 10.3 Å². The number of rotatable bonds is 4. The smallest absolute Gasteiger partial charge is 0.259 e. The topological polar surface area (TPSA) is 66.4 Å². The Kier molecular flexibility index (Phi) is 6.55. The molecule has 3 rings (SSSR count). The van der Waals surface area contributed by atoms with Crippen molar-refractivity contribution >= 4 is 33.5 Å². The number of hydrogen-bond donors (Lipinski definition) is 2. The van der Waals surface area contributed by atoms with Crippen LogP contribution in [0.15, 0.2) is 76.5 Å². The average Bonchev–Trinajstić information content (AvgIpc) is 2.70. The van der Waals surface area contributed by atoms with E-state index in [0.717, 1.165) is 21.3 Å². The van der Waals surface area contributed by atoms with Crippen LogP contribution in [0, 0.1) is 13.8 Å². The van der Waals surface area contributed by atoms with Crippen molar-refractivity contribution < 1.29 is 4.79 Å². The third-order valence-electron chi connectivity index (χ3n) is 4.29. The summed E-state index contributed by atoms with van der Waals surface area (Å²) in [6, 6.07) is 17.1. The van der Waals surface area contributed by atoms with Crippen LogP contribution in [0.1, 0.15) is 27.0 Å². The fraction of sp³-hybridized carbons (Fsp3) is 0.136. The van der Waals surface area contributed by atoms with Crippen LogP contribution >= 0.6 is 15.9 Å². The SMILES string of the molecule is Cc1ccc(NC(=NCc2ccncc2)NC(=O)c2ccccc2Br)cc1C. The van der Waals surface area contributed by atoms with Crippen molar-refractivity contribution in [3.8, 4) is 0 Å². The average molecular weight is 437 g/mol. The quantitative estimate of drug-likeness (QED) is 0.453. The second kappa shape index (κ2) is 9.28. The summed E-state index contributed by atoms with van der Waals surface area (Å²) in [5.74, 6) is 0.151. The molecule has 0 bridgehead atoms. The van der Waals surface area contributed by atoms with E-state index < -0.39 is 0 Å². The van der Waals surface area contributed by atoms with Gasteiger partial charge in [0.05, 0.1) is 12.1 Å². The van der Waals surface area contributed by atoms with Crippen molar-refractivity contribution in [2.45, 2.75) is 20.4 Å². The third-order valence-corrected chi connectivity index (χ3v) is 4.98. The standard InChI is InChI=1S/C22H21BrN4O/c1-15-7-8-18(13-16(15)2)26-22(25-14-17-9-11-24-12-10-17)27-21(28)19-5-3-4-6-20(19)23/h3-13H,14H2,1-2H3,(H2,25,26,27,28). The molecule has 0 saturated carbocycles. The van der Waals surface area contributed by atoms with Gasteiger partial charge in [0.1, 0.15) is 0 Å². The van der Waals surface area contributed by atoms with Crippen LogP contribution in [0.4, 0.5) is 5.69 Å². The molecule has 0 aliphatic heterocycles. The number of nitrogens with one attached hydrogen (secondary N) is 2. The molecule has 6 heteroatoms. The maximum atomic E-state index is 12.7. The number of amides is 1. The third kappa shape index (κ3) is 5.27. The maximum Gasteiger partial charge on any atom is 0.259 e. The van der Waals surface area contributed by atoms with Gasteiger partial charge in [-0.1, -0.05) is 18.2 Å². The Bertz CT molecular complexity index is 1000. The van der Waals surface area contributed by atoms with Crippen LogP contribution in [-0.2, 0) is 6.54 Å². The fourth-order valence-corrected chi connectivity index (χ4v) is 3.01. The predicted molar refractivity (Wildman–Crippen MR) is 117 cm³/mol. The molecule has 1 heterocycles. The normalized spacial score (nSPS) is 11.2. The highest BCUT2D eigenvalue weighted by Crippen LogP contribution is 2.17. The molecular formula is C22H21BrN4O. The lowest BCUT2D eigenvalue weighted by Crippen LogP contribution is -2.36. The zero-order valence-corrected chi connectivity index (χ0v) is 17.3. The van der Waals surface area contributed by atoms with Crippen molar-refractivity contribution in [3.63, 3.8) is 0 Å². The van der Waals surface area contributed by atoms with Gasteiger partial charge in [0.15, 0.2) is 0 Å². The first kappa shape index (κ1) is 19.8. The highest BCUT2D eigenvalue weighted by atomic mass is 79.9. The Morgan fingerprint density at radius 1 is 1.04 bits per heavy atom.